The molecule has 3 heterocycles. The smallest absolute Gasteiger partial charge is 0.268 e. The first-order valence-electron chi connectivity index (χ1n) is 12.4. The van der Waals surface area contributed by atoms with Crippen molar-refractivity contribution in [2.75, 3.05) is 0 Å². The topological polar surface area (TPSA) is 52.2 Å². The molecule has 5 nitrogen and oxygen atoms in total. The largest absolute Gasteiger partial charge is 0.416 e. The fourth-order valence-corrected chi connectivity index (χ4v) is 5.23. The molecule has 0 unspecified atom stereocenters. The molecule has 0 radical (unpaired) electrons. The molecule has 0 fully saturated rings. The number of rotatable bonds is 5. The molecule has 0 aliphatic rings. The van der Waals surface area contributed by atoms with E-state index in [9.17, 15) is 18.0 Å². The number of aryl methyl sites for hydroxylation is 1. The summed E-state index contributed by atoms with van der Waals surface area (Å²) in [5, 5.41) is 6.59. The second-order valence-corrected chi connectivity index (χ2v) is 10.1. The molecule has 0 bridgehead atoms. The van der Waals surface area contributed by atoms with E-state index in [4.69, 9.17) is 5.10 Å². The van der Waals surface area contributed by atoms with Crippen LogP contribution in [0.5, 0.6) is 0 Å². The highest BCUT2D eigenvalue weighted by Gasteiger charge is 2.30. The minimum atomic E-state index is -4.48. The second kappa shape index (κ2) is 10.1. The van der Waals surface area contributed by atoms with Gasteiger partial charge in [0.05, 0.1) is 28.2 Å². The first-order chi connectivity index (χ1) is 19.3. The number of benzene rings is 3. The summed E-state index contributed by atoms with van der Waals surface area (Å²) in [4.78, 5) is 18.6. The summed E-state index contributed by atoms with van der Waals surface area (Å²) in [5.74, 6) is 0. The first-order valence-corrected chi connectivity index (χ1v) is 13.2. The standard InChI is InChI=1S/C31H21F3N4OS/c1-20-6-5-7-22(18-20)28-23(19-38(36-28)25-8-3-2-4-9-25)12-15-26-27(29(39)37-16-17-40-30(37)35-26)21-10-13-24(14-11-21)31(32,33)34/h2-19H,1H3/b15-12+. The zero-order valence-electron chi connectivity index (χ0n) is 21.1. The lowest BCUT2D eigenvalue weighted by molar-refractivity contribution is -0.137. The maximum Gasteiger partial charge on any atom is 0.416 e. The van der Waals surface area contributed by atoms with Gasteiger partial charge >= 0.3 is 6.18 Å². The fraction of sp³-hybridized carbons (Fsp3) is 0.0645. The summed E-state index contributed by atoms with van der Waals surface area (Å²) >= 11 is 1.30. The van der Waals surface area contributed by atoms with Gasteiger partial charge in [-0.2, -0.15) is 18.3 Å². The predicted molar refractivity (Wildman–Crippen MR) is 152 cm³/mol. The molecular formula is C31H21F3N4OS. The van der Waals surface area contributed by atoms with Crippen LogP contribution in [0.15, 0.2) is 101 Å². The van der Waals surface area contributed by atoms with Crippen LogP contribution >= 0.6 is 11.3 Å². The van der Waals surface area contributed by atoms with Crippen LogP contribution in [0.25, 0.3) is 45.2 Å². The molecule has 0 saturated carbocycles. The molecule has 0 spiro atoms. The molecule has 6 rings (SSSR count). The number of thiazole rings is 1. The van der Waals surface area contributed by atoms with Gasteiger partial charge in [0.25, 0.3) is 5.56 Å². The Bertz CT molecular complexity index is 1920. The summed E-state index contributed by atoms with van der Waals surface area (Å²) in [5.41, 5.74) is 4.22. The zero-order valence-corrected chi connectivity index (χ0v) is 21.9. The predicted octanol–water partition coefficient (Wildman–Crippen LogP) is 7.77. The van der Waals surface area contributed by atoms with Crippen LogP contribution in [-0.2, 0) is 6.18 Å². The van der Waals surface area contributed by atoms with Crippen LogP contribution < -0.4 is 5.56 Å². The molecule has 3 aromatic carbocycles. The SMILES string of the molecule is Cc1cccc(-c2nn(-c3ccccc3)cc2/C=C/c2nc3sccn3c(=O)c2-c2ccc(C(F)(F)F)cc2)c1. The van der Waals surface area contributed by atoms with Gasteiger partial charge in [-0.1, -0.05) is 54.1 Å². The van der Waals surface area contributed by atoms with Crippen molar-refractivity contribution in [1.82, 2.24) is 19.2 Å². The number of fused-ring (bicyclic) bond motifs is 1. The Morgan fingerprint density at radius 1 is 0.900 bits per heavy atom. The zero-order chi connectivity index (χ0) is 27.9. The summed E-state index contributed by atoms with van der Waals surface area (Å²) in [6.07, 6.45) is 2.59. The minimum Gasteiger partial charge on any atom is -0.268 e. The van der Waals surface area contributed by atoms with E-state index in [1.54, 1.807) is 22.3 Å². The van der Waals surface area contributed by atoms with Crippen molar-refractivity contribution in [3.8, 4) is 28.1 Å². The van der Waals surface area contributed by atoms with Gasteiger partial charge in [0.2, 0.25) is 0 Å². The number of hydrogen-bond acceptors (Lipinski definition) is 4. The Hall–Kier alpha value is -4.76. The number of alkyl halides is 3. The van der Waals surface area contributed by atoms with Crippen LogP contribution in [0, 0.1) is 6.92 Å². The van der Waals surface area contributed by atoms with Crippen molar-refractivity contribution < 1.29 is 13.2 Å². The van der Waals surface area contributed by atoms with E-state index >= 15 is 0 Å². The highest BCUT2D eigenvalue weighted by atomic mass is 32.1. The normalized spacial score (nSPS) is 12.0. The van der Waals surface area contributed by atoms with E-state index in [2.05, 4.69) is 4.98 Å². The van der Waals surface area contributed by atoms with E-state index in [1.807, 2.05) is 73.8 Å². The van der Waals surface area contributed by atoms with Crippen molar-refractivity contribution in [2.45, 2.75) is 13.1 Å². The molecule has 198 valence electrons. The van der Waals surface area contributed by atoms with Crippen LogP contribution in [0.3, 0.4) is 0 Å². The van der Waals surface area contributed by atoms with Crippen molar-refractivity contribution in [1.29, 1.82) is 0 Å². The number of hydrogen-bond donors (Lipinski definition) is 0. The van der Waals surface area contributed by atoms with Gasteiger partial charge in [0, 0.05) is 28.9 Å². The van der Waals surface area contributed by atoms with E-state index in [0.717, 1.165) is 40.2 Å². The molecule has 40 heavy (non-hydrogen) atoms. The molecule has 0 N–H and O–H groups in total. The molecule has 0 atom stereocenters. The van der Waals surface area contributed by atoms with Gasteiger partial charge in [-0.15, -0.1) is 11.3 Å². The molecule has 0 amide bonds. The van der Waals surface area contributed by atoms with E-state index in [0.29, 0.717) is 16.2 Å². The summed E-state index contributed by atoms with van der Waals surface area (Å²) in [6, 6.07) is 22.3. The van der Waals surface area contributed by atoms with Crippen molar-refractivity contribution in [2.24, 2.45) is 0 Å². The van der Waals surface area contributed by atoms with E-state index in [-0.39, 0.29) is 11.1 Å². The lowest BCUT2D eigenvalue weighted by Crippen LogP contribution is -2.17. The van der Waals surface area contributed by atoms with Gasteiger partial charge in [-0.25, -0.2) is 9.67 Å². The quantitative estimate of drug-likeness (QED) is 0.219. The minimum absolute atomic E-state index is 0.216. The molecule has 6 aromatic rings. The molecular weight excluding hydrogens is 533 g/mol. The Kier molecular flexibility index (Phi) is 6.43. The lowest BCUT2D eigenvalue weighted by Gasteiger charge is -2.09. The molecule has 0 aliphatic heterocycles. The Balaban J connectivity index is 1.50. The Morgan fingerprint density at radius 3 is 2.40 bits per heavy atom. The summed E-state index contributed by atoms with van der Waals surface area (Å²) in [7, 11) is 0. The maximum atomic E-state index is 13.5. The maximum absolute atomic E-state index is 13.5. The number of nitrogens with zero attached hydrogens (tertiary/aromatic N) is 4. The average Bonchev–Trinajstić information content (AvgIpc) is 3.60. The third-order valence-electron chi connectivity index (χ3n) is 6.47. The lowest BCUT2D eigenvalue weighted by atomic mass is 10.0. The number of para-hydroxylation sites is 1. The first kappa shape index (κ1) is 25.5. The van der Waals surface area contributed by atoms with Crippen molar-refractivity contribution >= 4 is 28.4 Å². The third-order valence-corrected chi connectivity index (χ3v) is 7.23. The van der Waals surface area contributed by atoms with E-state index in [1.165, 1.54) is 27.9 Å². The molecule has 0 saturated heterocycles. The highest BCUT2D eigenvalue weighted by Crippen LogP contribution is 2.32. The van der Waals surface area contributed by atoms with Crippen molar-refractivity contribution in [3.63, 3.8) is 0 Å². The van der Waals surface area contributed by atoms with Gasteiger partial charge in [0.15, 0.2) is 4.96 Å². The van der Waals surface area contributed by atoms with E-state index < -0.39 is 11.7 Å². The second-order valence-electron chi connectivity index (χ2n) is 9.22. The average molecular weight is 555 g/mol. The number of halogens is 3. The van der Waals surface area contributed by atoms with Gasteiger partial charge in [0.1, 0.15) is 0 Å². The molecule has 0 aliphatic carbocycles. The van der Waals surface area contributed by atoms with Gasteiger partial charge < -0.3 is 0 Å². The fourth-order valence-electron chi connectivity index (χ4n) is 4.52. The Morgan fingerprint density at radius 2 is 1.68 bits per heavy atom. The summed E-state index contributed by atoms with van der Waals surface area (Å²) < 4.78 is 42.8. The van der Waals surface area contributed by atoms with Gasteiger partial charge in [-0.3, -0.25) is 9.20 Å². The molecule has 3 aromatic heterocycles. The summed E-state index contributed by atoms with van der Waals surface area (Å²) in [6.45, 7) is 2.01. The van der Waals surface area contributed by atoms with Crippen LogP contribution in [-0.4, -0.2) is 19.2 Å². The monoisotopic (exact) mass is 554 g/mol. The molecule has 9 heteroatoms. The number of aromatic nitrogens is 4. The van der Waals surface area contributed by atoms with Crippen LogP contribution in [0.4, 0.5) is 13.2 Å². The van der Waals surface area contributed by atoms with Gasteiger partial charge in [-0.05, 0) is 55.0 Å². The third kappa shape index (κ3) is 4.87. The Labute approximate surface area is 231 Å². The highest BCUT2D eigenvalue weighted by molar-refractivity contribution is 7.15. The van der Waals surface area contributed by atoms with Crippen LogP contribution in [0.2, 0.25) is 0 Å². The van der Waals surface area contributed by atoms with Crippen molar-refractivity contribution in [3.05, 3.63) is 129 Å². The van der Waals surface area contributed by atoms with Crippen LogP contribution in [0.1, 0.15) is 22.4 Å².